The van der Waals surface area contributed by atoms with Crippen molar-refractivity contribution >= 4 is 27.7 Å². The zero-order valence-electron chi connectivity index (χ0n) is 23.8. The molecular weight excluding hydrogens is 518 g/mol. The maximum atomic E-state index is 13.7. The van der Waals surface area contributed by atoms with E-state index in [-0.39, 0.29) is 11.8 Å². The van der Waals surface area contributed by atoms with Gasteiger partial charge in [0, 0.05) is 67.6 Å². The minimum absolute atomic E-state index is 0.0927. The molecule has 5 aromatic rings. The maximum Gasteiger partial charge on any atom is 0.270 e. The van der Waals surface area contributed by atoms with Crippen molar-refractivity contribution in [1.29, 1.82) is 0 Å². The van der Waals surface area contributed by atoms with Crippen molar-refractivity contribution in [2.75, 3.05) is 33.4 Å². The predicted molar refractivity (Wildman–Crippen MR) is 156 cm³/mol. The number of pyridine rings is 3. The van der Waals surface area contributed by atoms with Crippen LogP contribution in [0.3, 0.4) is 0 Å². The van der Waals surface area contributed by atoms with E-state index >= 15 is 0 Å². The van der Waals surface area contributed by atoms with Gasteiger partial charge in [0.15, 0.2) is 5.82 Å². The van der Waals surface area contributed by atoms with Crippen molar-refractivity contribution in [1.82, 2.24) is 34.2 Å². The van der Waals surface area contributed by atoms with Crippen LogP contribution in [0.2, 0.25) is 0 Å². The Morgan fingerprint density at radius 3 is 2.68 bits per heavy atom. The van der Waals surface area contributed by atoms with E-state index < -0.39 is 0 Å². The van der Waals surface area contributed by atoms with Gasteiger partial charge in [-0.05, 0) is 50.8 Å². The van der Waals surface area contributed by atoms with Gasteiger partial charge in [-0.2, -0.15) is 5.10 Å². The number of methoxy groups -OCH3 is 1. The van der Waals surface area contributed by atoms with Crippen molar-refractivity contribution in [2.45, 2.75) is 39.0 Å². The van der Waals surface area contributed by atoms with Gasteiger partial charge in [-0.25, -0.2) is 9.67 Å². The molecule has 7 rings (SSSR count). The number of hydrogen-bond acceptors (Lipinski definition) is 7. The molecule has 10 heteroatoms. The summed E-state index contributed by atoms with van der Waals surface area (Å²) >= 11 is 0. The number of carbonyl (C=O) groups excluding carboxylic acids is 1. The Balaban J connectivity index is 1.44. The molecule has 0 aliphatic carbocycles. The topological polar surface area (TPSA) is 100 Å². The second-order valence-electron chi connectivity index (χ2n) is 11.0. The smallest absolute Gasteiger partial charge is 0.270 e. The van der Waals surface area contributed by atoms with Gasteiger partial charge in [0.2, 0.25) is 0 Å². The molecule has 0 bridgehead atoms. The summed E-state index contributed by atoms with van der Waals surface area (Å²) in [5, 5.41) is 6.77. The van der Waals surface area contributed by atoms with Crippen LogP contribution in [0.15, 0.2) is 36.8 Å². The second kappa shape index (κ2) is 9.95. The van der Waals surface area contributed by atoms with E-state index in [4.69, 9.17) is 24.5 Å². The molecule has 7 heterocycles. The molecule has 10 nitrogen and oxygen atoms in total. The zero-order valence-corrected chi connectivity index (χ0v) is 23.8. The fourth-order valence-electron chi connectivity index (χ4n) is 6.46. The quantitative estimate of drug-likeness (QED) is 0.311. The van der Waals surface area contributed by atoms with Crippen molar-refractivity contribution in [2.24, 2.45) is 7.05 Å². The van der Waals surface area contributed by atoms with Gasteiger partial charge < -0.3 is 18.9 Å². The predicted octanol–water partition coefficient (Wildman–Crippen LogP) is 4.73. The summed E-state index contributed by atoms with van der Waals surface area (Å²) in [6, 6.07) is 5.89. The molecule has 1 amide bonds. The van der Waals surface area contributed by atoms with Crippen LogP contribution in [-0.2, 0) is 11.8 Å². The summed E-state index contributed by atoms with van der Waals surface area (Å²) < 4.78 is 15.3. The molecule has 0 spiro atoms. The lowest BCUT2D eigenvalue weighted by atomic mass is 9.98. The monoisotopic (exact) mass is 551 g/mol. The van der Waals surface area contributed by atoms with Gasteiger partial charge in [0.05, 0.1) is 47.9 Å². The van der Waals surface area contributed by atoms with E-state index in [2.05, 4.69) is 18.0 Å². The summed E-state index contributed by atoms with van der Waals surface area (Å²) in [6.45, 7) is 6.97. The Morgan fingerprint density at radius 2 is 1.93 bits per heavy atom. The number of aryl methyl sites for hydroxylation is 3. The molecule has 2 fully saturated rings. The van der Waals surface area contributed by atoms with E-state index in [1.165, 1.54) is 0 Å². The van der Waals surface area contributed by atoms with Crippen LogP contribution in [0.4, 0.5) is 0 Å². The molecule has 0 saturated carbocycles. The first-order valence-electron chi connectivity index (χ1n) is 14.2. The second-order valence-corrected chi connectivity index (χ2v) is 11.0. The van der Waals surface area contributed by atoms with Crippen molar-refractivity contribution < 1.29 is 14.3 Å². The number of aromatic nitrogens is 6. The highest BCUT2D eigenvalue weighted by atomic mass is 16.5. The highest BCUT2D eigenvalue weighted by Crippen LogP contribution is 2.37. The van der Waals surface area contributed by atoms with Crippen LogP contribution in [0.1, 0.15) is 52.6 Å². The molecule has 0 aromatic carbocycles. The third-order valence-electron chi connectivity index (χ3n) is 8.60. The summed E-state index contributed by atoms with van der Waals surface area (Å²) in [5.41, 5.74) is 6.96. The molecule has 1 unspecified atom stereocenters. The van der Waals surface area contributed by atoms with Crippen LogP contribution in [0.25, 0.3) is 38.9 Å². The van der Waals surface area contributed by atoms with Crippen LogP contribution >= 0.6 is 0 Å². The number of fused-ring (bicyclic) bond motifs is 2. The largest absolute Gasteiger partial charge is 0.496 e. The Labute approximate surface area is 237 Å². The SMILES string of the molecule is COc1ccncc1-c1cc2c(cnn2-c2cc3c(c(C4CCOC4)n2)c(C)c(C(=O)N2CCCC2)n3C)c(C)n1. The molecule has 5 aromatic heterocycles. The summed E-state index contributed by atoms with van der Waals surface area (Å²) in [7, 11) is 3.63. The average molecular weight is 552 g/mol. The van der Waals surface area contributed by atoms with E-state index in [1.807, 2.05) is 46.4 Å². The fourth-order valence-corrected chi connectivity index (χ4v) is 6.46. The molecule has 2 aliphatic heterocycles. The fraction of sp³-hybridized carbons (Fsp3) is 0.387. The zero-order chi connectivity index (χ0) is 28.2. The maximum absolute atomic E-state index is 13.7. The molecule has 0 radical (unpaired) electrons. The molecule has 1 atom stereocenters. The lowest BCUT2D eigenvalue weighted by molar-refractivity contribution is 0.0783. The third-order valence-corrected chi connectivity index (χ3v) is 8.60. The van der Waals surface area contributed by atoms with Crippen molar-refractivity contribution in [3.8, 4) is 22.8 Å². The first-order valence-corrected chi connectivity index (χ1v) is 14.2. The summed E-state index contributed by atoms with van der Waals surface area (Å²) in [5.74, 6) is 1.64. The Morgan fingerprint density at radius 1 is 1.10 bits per heavy atom. The Bertz CT molecular complexity index is 1810. The molecular formula is C31H33N7O3. The minimum atomic E-state index is 0.0927. The van der Waals surface area contributed by atoms with Crippen molar-refractivity contribution in [3.63, 3.8) is 0 Å². The number of carbonyl (C=O) groups is 1. The molecule has 0 N–H and O–H groups in total. The van der Waals surface area contributed by atoms with E-state index in [1.54, 1.807) is 19.5 Å². The molecule has 41 heavy (non-hydrogen) atoms. The van der Waals surface area contributed by atoms with Gasteiger partial charge in [-0.15, -0.1) is 0 Å². The van der Waals surface area contributed by atoms with E-state index in [0.717, 1.165) is 88.1 Å². The van der Waals surface area contributed by atoms with Crippen molar-refractivity contribution in [3.05, 3.63) is 59.4 Å². The third kappa shape index (κ3) is 4.08. The Kier molecular flexibility index (Phi) is 6.23. The van der Waals surface area contributed by atoms with E-state index in [9.17, 15) is 4.79 Å². The minimum Gasteiger partial charge on any atom is -0.496 e. The Hall–Kier alpha value is -4.31. The first kappa shape index (κ1) is 25.6. The number of amides is 1. The average Bonchev–Trinajstić information content (AvgIpc) is 3.80. The first-order chi connectivity index (χ1) is 20.0. The van der Waals surface area contributed by atoms with Crippen LogP contribution in [0.5, 0.6) is 5.75 Å². The van der Waals surface area contributed by atoms with Gasteiger partial charge in [-0.1, -0.05) is 0 Å². The summed E-state index contributed by atoms with van der Waals surface area (Å²) in [4.78, 5) is 30.0. The van der Waals surface area contributed by atoms with Crippen LogP contribution in [0, 0.1) is 13.8 Å². The molecule has 2 aliphatic rings. The normalized spacial score (nSPS) is 17.3. The summed E-state index contributed by atoms with van der Waals surface area (Å²) in [6.07, 6.45) is 8.31. The number of rotatable bonds is 5. The number of likely N-dealkylation sites (tertiary alicyclic amines) is 1. The standard InChI is InChI=1S/C31H33N7O3/c1-18-28-25(36(3)30(18)31(39)37-10-5-6-11-37)14-27(35-29(28)20-8-12-41-17-20)38-24-13-23(34-19(2)21(24)16-33-38)22-15-32-9-7-26(22)40-4/h7,9,13-16,20H,5-6,8,10-12,17H2,1-4H3. The van der Waals surface area contributed by atoms with Gasteiger partial charge in [-0.3, -0.25) is 14.8 Å². The number of hydrogen-bond donors (Lipinski definition) is 0. The van der Waals surface area contributed by atoms with Crippen LogP contribution < -0.4 is 4.74 Å². The molecule has 2 saturated heterocycles. The highest BCUT2D eigenvalue weighted by molar-refractivity contribution is 6.03. The van der Waals surface area contributed by atoms with Crippen LogP contribution in [-0.4, -0.2) is 73.5 Å². The van der Waals surface area contributed by atoms with Gasteiger partial charge >= 0.3 is 0 Å². The van der Waals surface area contributed by atoms with Gasteiger partial charge in [0.25, 0.3) is 5.91 Å². The lowest BCUT2D eigenvalue weighted by Gasteiger charge is -2.16. The molecule has 210 valence electrons. The van der Waals surface area contributed by atoms with E-state index in [0.29, 0.717) is 24.8 Å². The van der Waals surface area contributed by atoms with Gasteiger partial charge in [0.1, 0.15) is 11.4 Å². The lowest BCUT2D eigenvalue weighted by Crippen LogP contribution is -2.29. The number of ether oxygens (including phenoxy) is 2. The number of nitrogens with zero attached hydrogens (tertiary/aromatic N) is 7. The highest BCUT2D eigenvalue weighted by Gasteiger charge is 2.30.